The number of rotatable bonds is 5. The highest BCUT2D eigenvalue weighted by Gasteiger charge is 2.37. The molecule has 8 heteroatoms. The number of hydrogen-bond donors (Lipinski definition) is 1. The van der Waals surface area contributed by atoms with Crippen LogP contribution < -0.4 is 5.32 Å². The van der Waals surface area contributed by atoms with E-state index in [4.69, 9.17) is 4.74 Å². The van der Waals surface area contributed by atoms with Gasteiger partial charge in [0.05, 0.1) is 18.2 Å². The second kappa shape index (κ2) is 8.20. The molecule has 1 saturated heterocycles. The van der Waals surface area contributed by atoms with Crippen molar-refractivity contribution >= 4 is 23.3 Å². The predicted octanol–water partition coefficient (Wildman–Crippen LogP) is 1.51. The summed E-state index contributed by atoms with van der Waals surface area (Å²) in [6.45, 7) is 6.44. The van der Waals surface area contributed by atoms with Crippen molar-refractivity contribution in [3.63, 3.8) is 0 Å². The second-order valence-corrected chi connectivity index (χ2v) is 7.44. The lowest BCUT2D eigenvalue weighted by Crippen LogP contribution is -2.51. The van der Waals surface area contributed by atoms with Gasteiger partial charge in [-0.3, -0.25) is 9.80 Å². The summed E-state index contributed by atoms with van der Waals surface area (Å²) in [6, 6.07) is 1.28. The molecule has 0 radical (unpaired) electrons. The fourth-order valence-corrected chi connectivity index (χ4v) is 3.99. The van der Waals surface area contributed by atoms with Gasteiger partial charge in [0.15, 0.2) is 0 Å². The summed E-state index contributed by atoms with van der Waals surface area (Å²) in [7, 11) is 3.82. The number of amides is 2. The minimum Gasteiger partial charge on any atom is -0.463 e. The maximum Gasteiger partial charge on any atom is 0.338 e. The highest BCUT2D eigenvalue weighted by atomic mass is 32.1. The van der Waals surface area contributed by atoms with Crippen LogP contribution in [0, 0.1) is 0 Å². The summed E-state index contributed by atoms with van der Waals surface area (Å²) in [6.07, 6.45) is 0. The van der Waals surface area contributed by atoms with Crippen LogP contribution in [0.25, 0.3) is 0 Å². The summed E-state index contributed by atoms with van der Waals surface area (Å²) in [5, 5.41) is 6.85. The van der Waals surface area contributed by atoms with Gasteiger partial charge in [0.25, 0.3) is 0 Å². The van der Waals surface area contributed by atoms with E-state index in [1.54, 1.807) is 30.2 Å². The Labute approximate surface area is 158 Å². The maximum absolute atomic E-state index is 12.8. The number of carbonyl (C=O) groups excluding carboxylic acids is 2. The molecular weight excluding hydrogens is 352 g/mol. The van der Waals surface area contributed by atoms with Gasteiger partial charge in [0.2, 0.25) is 0 Å². The first kappa shape index (κ1) is 18.9. The van der Waals surface area contributed by atoms with E-state index in [2.05, 4.69) is 22.2 Å². The zero-order valence-electron chi connectivity index (χ0n) is 15.5. The molecule has 0 saturated carbocycles. The quantitative estimate of drug-likeness (QED) is 0.787. The van der Waals surface area contributed by atoms with Crippen molar-refractivity contribution in [2.45, 2.75) is 13.0 Å². The molecule has 0 bridgehead atoms. The largest absolute Gasteiger partial charge is 0.463 e. The van der Waals surface area contributed by atoms with Crippen molar-refractivity contribution in [1.82, 2.24) is 20.0 Å². The molecule has 2 aliphatic heterocycles. The molecule has 1 fully saturated rings. The molecule has 1 aromatic heterocycles. The Morgan fingerprint density at radius 3 is 2.65 bits per heavy atom. The third kappa shape index (κ3) is 3.92. The van der Waals surface area contributed by atoms with Crippen LogP contribution in [-0.4, -0.2) is 80.1 Å². The normalized spacial score (nSPS) is 22.5. The first-order chi connectivity index (χ1) is 12.5. The molecule has 3 rings (SSSR count). The Morgan fingerprint density at radius 1 is 1.31 bits per heavy atom. The van der Waals surface area contributed by atoms with E-state index >= 15 is 0 Å². The monoisotopic (exact) mass is 378 g/mol. The fourth-order valence-electron chi connectivity index (χ4n) is 3.31. The number of urea groups is 1. The average Bonchev–Trinajstić information content (AvgIpc) is 3.15. The summed E-state index contributed by atoms with van der Waals surface area (Å²) in [5.41, 5.74) is 2.18. The molecule has 26 heavy (non-hydrogen) atoms. The summed E-state index contributed by atoms with van der Waals surface area (Å²) >= 11 is 1.54. The molecular formula is C18H26N4O3S. The minimum atomic E-state index is -0.466. The van der Waals surface area contributed by atoms with Gasteiger partial charge in [0, 0.05) is 45.5 Å². The van der Waals surface area contributed by atoms with E-state index in [0.717, 1.165) is 37.4 Å². The molecule has 7 nitrogen and oxygen atoms in total. The number of thiophene rings is 1. The van der Waals surface area contributed by atoms with Gasteiger partial charge in [-0.15, -0.1) is 0 Å². The van der Waals surface area contributed by atoms with Gasteiger partial charge in [-0.25, -0.2) is 9.59 Å². The minimum absolute atomic E-state index is 0.196. The number of nitrogens with zero attached hydrogens (tertiary/aromatic N) is 3. The van der Waals surface area contributed by atoms with E-state index in [1.807, 2.05) is 16.8 Å². The Bertz CT molecular complexity index is 681. The molecule has 2 aliphatic rings. The molecule has 1 aromatic rings. The van der Waals surface area contributed by atoms with Crippen LogP contribution in [0.1, 0.15) is 18.5 Å². The first-order valence-corrected chi connectivity index (χ1v) is 9.83. The van der Waals surface area contributed by atoms with E-state index in [-0.39, 0.29) is 12.0 Å². The molecule has 0 spiro atoms. The fraction of sp³-hybridized carbons (Fsp3) is 0.556. The summed E-state index contributed by atoms with van der Waals surface area (Å²) in [5.74, 6) is -0.361. The average molecular weight is 378 g/mol. The lowest BCUT2D eigenvalue weighted by atomic mass is 9.96. The number of nitrogens with one attached hydrogen (secondary N) is 1. The van der Waals surface area contributed by atoms with Crippen LogP contribution in [0.4, 0.5) is 4.79 Å². The van der Waals surface area contributed by atoms with Crippen LogP contribution in [0.2, 0.25) is 0 Å². The van der Waals surface area contributed by atoms with E-state index in [1.165, 1.54) is 0 Å². The standard InChI is InChI=1S/C18H26N4O3S/c1-4-25-17(23)15-14(11-22-8-6-20(2)7-9-22)21(3)18(24)19-16(15)13-5-10-26-12-13/h5,10,12,16H,4,6-9,11H2,1-3H3,(H,19,24). The predicted molar refractivity (Wildman–Crippen MR) is 101 cm³/mol. The zero-order valence-corrected chi connectivity index (χ0v) is 16.3. The molecule has 3 heterocycles. The van der Waals surface area contributed by atoms with Crippen LogP contribution in [0.15, 0.2) is 28.1 Å². The maximum atomic E-state index is 12.8. The molecule has 0 aromatic carbocycles. The van der Waals surface area contributed by atoms with E-state index in [9.17, 15) is 9.59 Å². The zero-order chi connectivity index (χ0) is 18.7. The first-order valence-electron chi connectivity index (χ1n) is 8.88. The molecule has 2 amide bonds. The van der Waals surface area contributed by atoms with Crippen LogP contribution >= 0.6 is 11.3 Å². The highest BCUT2D eigenvalue weighted by molar-refractivity contribution is 7.08. The number of likely N-dealkylation sites (N-methyl/N-ethyl adjacent to an activating group) is 2. The van der Waals surface area contributed by atoms with Gasteiger partial charge >= 0.3 is 12.0 Å². The highest BCUT2D eigenvalue weighted by Crippen LogP contribution is 2.32. The Morgan fingerprint density at radius 2 is 2.04 bits per heavy atom. The Hall–Kier alpha value is -1.90. The number of hydrogen-bond acceptors (Lipinski definition) is 6. The molecule has 1 unspecified atom stereocenters. The van der Waals surface area contributed by atoms with Crippen molar-refractivity contribution in [2.75, 3.05) is 53.4 Å². The Balaban J connectivity index is 1.97. The number of esters is 1. The van der Waals surface area contributed by atoms with Crippen LogP contribution in [0.3, 0.4) is 0 Å². The number of piperazine rings is 1. The molecule has 0 aliphatic carbocycles. The summed E-state index contributed by atoms with van der Waals surface area (Å²) < 4.78 is 5.33. The third-order valence-electron chi connectivity index (χ3n) is 4.92. The SMILES string of the molecule is CCOC(=O)C1=C(CN2CCN(C)CC2)N(C)C(=O)NC1c1ccsc1. The van der Waals surface area contributed by atoms with Crippen molar-refractivity contribution in [3.8, 4) is 0 Å². The van der Waals surface area contributed by atoms with Gasteiger partial charge in [0.1, 0.15) is 0 Å². The number of carbonyl (C=O) groups is 2. The molecule has 142 valence electrons. The second-order valence-electron chi connectivity index (χ2n) is 6.66. The Kier molecular flexibility index (Phi) is 5.95. The van der Waals surface area contributed by atoms with E-state index in [0.29, 0.717) is 18.7 Å². The van der Waals surface area contributed by atoms with Crippen molar-refractivity contribution < 1.29 is 14.3 Å². The van der Waals surface area contributed by atoms with Crippen LogP contribution in [0.5, 0.6) is 0 Å². The summed E-state index contributed by atoms with van der Waals surface area (Å²) in [4.78, 5) is 31.4. The third-order valence-corrected chi connectivity index (χ3v) is 5.62. The molecule has 1 N–H and O–H groups in total. The van der Waals surface area contributed by atoms with Gasteiger partial charge < -0.3 is 15.0 Å². The van der Waals surface area contributed by atoms with Gasteiger partial charge in [-0.2, -0.15) is 11.3 Å². The van der Waals surface area contributed by atoms with Crippen molar-refractivity contribution in [1.29, 1.82) is 0 Å². The number of ether oxygens (including phenoxy) is 1. The van der Waals surface area contributed by atoms with Gasteiger partial charge in [-0.05, 0) is 36.4 Å². The van der Waals surface area contributed by atoms with E-state index < -0.39 is 6.04 Å². The van der Waals surface area contributed by atoms with Crippen LogP contribution in [-0.2, 0) is 9.53 Å². The topological polar surface area (TPSA) is 65.1 Å². The lowest BCUT2D eigenvalue weighted by molar-refractivity contribution is -0.139. The smallest absolute Gasteiger partial charge is 0.338 e. The lowest BCUT2D eigenvalue weighted by Gasteiger charge is -2.38. The van der Waals surface area contributed by atoms with Gasteiger partial charge in [-0.1, -0.05) is 0 Å². The molecule has 1 atom stereocenters. The van der Waals surface area contributed by atoms with Crippen molar-refractivity contribution in [3.05, 3.63) is 33.7 Å². The van der Waals surface area contributed by atoms with Crippen molar-refractivity contribution in [2.24, 2.45) is 0 Å².